The summed E-state index contributed by atoms with van der Waals surface area (Å²) in [6, 6.07) is 19.8. The molecule has 0 amide bonds. The van der Waals surface area contributed by atoms with Gasteiger partial charge in [-0.25, -0.2) is 4.79 Å². The van der Waals surface area contributed by atoms with Crippen LogP contribution < -0.4 is 11.2 Å². The largest absolute Gasteiger partial charge is 0.348 e. The molecule has 5 rings (SSSR count). The smallest absolute Gasteiger partial charge is 0.331 e. The first-order chi connectivity index (χ1) is 15.6. The Hall–Kier alpha value is -3.82. The van der Waals surface area contributed by atoms with Gasteiger partial charge in [-0.15, -0.1) is 0 Å². The predicted octanol–water partition coefficient (Wildman–Crippen LogP) is 2.49. The number of hydrogen-bond acceptors (Lipinski definition) is 3. The summed E-state index contributed by atoms with van der Waals surface area (Å²) in [4.78, 5) is 31.5. The van der Waals surface area contributed by atoms with Crippen LogP contribution in [-0.4, -0.2) is 32.1 Å². The first-order valence-corrected chi connectivity index (χ1v) is 10.7. The highest BCUT2D eigenvalue weighted by Crippen LogP contribution is 2.15. The van der Waals surface area contributed by atoms with E-state index < -0.39 is 0 Å². The minimum Gasteiger partial charge on any atom is -0.348 e. The molecule has 0 radical (unpaired) electrons. The SMILES string of the molecule is Cn1c2c(c(=O)n(Cc3ccccc3)c1=O)CN(CC#Cc1cc3ccccc3[nH]1)CC2. The Labute approximate surface area is 185 Å². The summed E-state index contributed by atoms with van der Waals surface area (Å²) in [5.41, 5.74) is 3.97. The lowest BCUT2D eigenvalue weighted by atomic mass is 10.1. The lowest BCUT2D eigenvalue weighted by molar-refractivity contribution is 0.275. The van der Waals surface area contributed by atoms with Gasteiger partial charge in [0, 0.05) is 43.2 Å². The molecule has 6 heteroatoms. The zero-order valence-electron chi connectivity index (χ0n) is 18.0. The molecule has 1 N–H and O–H groups in total. The van der Waals surface area contributed by atoms with Crippen LogP contribution in [0.25, 0.3) is 10.9 Å². The van der Waals surface area contributed by atoms with Crippen molar-refractivity contribution in [1.82, 2.24) is 19.0 Å². The molecule has 2 aromatic heterocycles. The summed E-state index contributed by atoms with van der Waals surface area (Å²) in [7, 11) is 1.76. The van der Waals surface area contributed by atoms with E-state index in [-0.39, 0.29) is 17.8 Å². The van der Waals surface area contributed by atoms with Crippen molar-refractivity contribution in [2.45, 2.75) is 19.5 Å². The molecule has 0 saturated carbocycles. The molecule has 0 spiro atoms. The third kappa shape index (κ3) is 3.79. The molecule has 0 bridgehead atoms. The number of H-pyrrole nitrogens is 1. The summed E-state index contributed by atoms with van der Waals surface area (Å²) < 4.78 is 2.97. The van der Waals surface area contributed by atoms with Crippen molar-refractivity contribution in [3.63, 3.8) is 0 Å². The van der Waals surface area contributed by atoms with E-state index in [1.165, 1.54) is 4.57 Å². The quantitative estimate of drug-likeness (QED) is 0.514. The van der Waals surface area contributed by atoms with Crippen molar-refractivity contribution >= 4 is 10.9 Å². The molecule has 32 heavy (non-hydrogen) atoms. The second-order valence-electron chi connectivity index (χ2n) is 8.18. The molecule has 1 aliphatic heterocycles. The third-order valence-electron chi connectivity index (χ3n) is 6.06. The van der Waals surface area contributed by atoms with Crippen LogP contribution in [0.2, 0.25) is 0 Å². The number of aromatic amines is 1. The fourth-order valence-electron chi connectivity index (χ4n) is 4.34. The number of hydrogen-bond donors (Lipinski definition) is 1. The second kappa shape index (κ2) is 8.37. The van der Waals surface area contributed by atoms with Crippen LogP contribution in [0.1, 0.15) is 22.5 Å². The van der Waals surface area contributed by atoms with Gasteiger partial charge in [-0.05, 0) is 23.6 Å². The molecule has 160 valence electrons. The summed E-state index contributed by atoms with van der Waals surface area (Å²) in [5, 5.41) is 1.14. The van der Waals surface area contributed by atoms with Gasteiger partial charge < -0.3 is 9.55 Å². The van der Waals surface area contributed by atoms with E-state index >= 15 is 0 Å². The molecular weight excluding hydrogens is 400 g/mol. The molecular formula is C26H24N4O2. The van der Waals surface area contributed by atoms with Gasteiger partial charge in [0.15, 0.2) is 0 Å². The average molecular weight is 425 g/mol. The molecule has 6 nitrogen and oxygen atoms in total. The lowest BCUT2D eigenvalue weighted by Gasteiger charge is -2.28. The molecule has 0 saturated heterocycles. The number of rotatable bonds is 3. The lowest BCUT2D eigenvalue weighted by Crippen LogP contribution is -2.47. The summed E-state index contributed by atoms with van der Waals surface area (Å²) in [6.07, 6.45) is 0.663. The first-order valence-electron chi connectivity index (χ1n) is 10.7. The van der Waals surface area contributed by atoms with Crippen molar-refractivity contribution in [1.29, 1.82) is 0 Å². The maximum absolute atomic E-state index is 13.2. The van der Waals surface area contributed by atoms with Gasteiger partial charge in [0.1, 0.15) is 0 Å². The highest BCUT2D eigenvalue weighted by Gasteiger charge is 2.23. The van der Waals surface area contributed by atoms with Gasteiger partial charge in [0.25, 0.3) is 5.56 Å². The Bertz CT molecular complexity index is 1430. The highest BCUT2D eigenvalue weighted by molar-refractivity contribution is 5.81. The molecule has 0 atom stereocenters. The van der Waals surface area contributed by atoms with Gasteiger partial charge in [-0.1, -0.05) is 54.5 Å². The van der Waals surface area contributed by atoms with Crippen molar-refractivity contribution < 1.29 is 0 Å². The number of benzene rings is 2. The molecule has 0 fully saturated rings. The normalized spacial score (nSPS) is 13.5. The van der Waals surface area contributed by atoms with Crippen molar-refractivity contribution in [3.8, 4) is 11.8 Å². The number of nitrogens with one attached hydrogen (secondary N) is 1. The second-order valence-corrected chi connectivity index (χ2v) is 8.18. The van der Waals surface area contributed by atoms with E-state index in [2.05, 4.69) is 27.8 Å². The standard InChI is InChI=1S/C26H24N4O2/c1-28-24-13-15-29(14-7-11-21-16-20-10-5-6-12-23(20)27-21)18-22(24)25(31)30(26(28)32)17-19-8-3-2-4-9-19/h2-6,8-10,12,16,27H,13-15,17-18H2,1H3. The zero-order valence-corrected chi connectivity index (χ0v) is 18.0. The Morgan fingerprint density at radius 2 is 1.81 bits per heavy atom. The topological polar surface area (TPSA) is 63.0 Å². The maximum Gasteiger partial charge on any atom is 0.331 e. The number of fused-ring (bicyclic) bond motifs is 2. The van der Waals surface area contributed by atoms with Crippen LogP contribution in [0.3, 0.4) is 0 Å². The van der Waals surface area contributed by atoms with Gasteiger partial charge in [-0.3, -0.25) is 14.3 Å². The van der Waals surface area contributed by atoms with Crippen LogP contribution in [-0.2, 0) is 26.6 Å². The Kier molecular flexibility index (Phi) is 5.26. The van der Waals surface area contributed by atoms with Gasteiger partial charge in [0.05, 0.1) is 24.3 Å². The van der Waals surface area contributed by atoms with Crippen LogP contribution in [0.15, 0.2) is 70.3 Å². The Morgan fingerprint density at radius 3 is 2.62 bits per heavy atom. The fraction of sp³-hybridized carbons (Fsp3) is 0.231. The minimum absolute atomic E-state index is 0.194. The van der Waals surface area contributed by atoms with Gasteiger partial charge >= 0.3 is 5.69 Å². The van der Waals surface area contributed by atoms with Crippen molar-refractivity contribution in [2.24, 2.45) is 7.05 Å². The Balaban J connectivity index is 1.38. The monoisotopic (exact) mass is 424 g/mol. The molecule has 0 unspecified atom stereocenters. The van der Waals surface area contributed by atoms with E-state index in [9.17, 15) is 9.59 Å². The van der Waals surface area contributed by atoms with Gasteiger partial charge in [-0.2, -0.15) is 0 Å². The fourth-order valence-corrected chi connectivity index (χ4v) is 4.34. The summed E-state index contributed by atoms with van der Waals surface area (Å²) in [6.45, 7) is 2.11. The van der Waals surface area contributed by atoms with Crippen LogP contribution in [0.4, 0.5) is 0 Å². The molecule has 1 aliphatic rings. The van der Waals surface area contributed by atoms with E-state index in [0.717, 1.165) is 34.4 Å². The Morgan fingerprint density at radius 1 is 1.03 bits per heavy atom. The predicted molar refractivity (Wildman–Crippen MR) is 126 cm³/mol. The summed E-state index contributed by atoms with van der Waals surface area (Å²) in [5.74, 6) is 6.43. The van der Waals surface area contributed by atoms with E-state index in [1.807, 2.05) is 54.6 Å². The zero-order chi connectivity index (χ0) is 22.1. The molecule has 4 aromatic rings. The third-order valence-corrected chi connectivity index (χ3v) is 6.06. The van der Waals surface area contributed by atoms with Crippen molar-refractivity contribution in [2.75, 3.05) is 13.1 Å². The van der Waals surface area contributed by atoms with E-state index in [4.69, 9.17) is 0 Å². The first kappa shape index (κ1) is 20.1. The van der Waals surface area contributed by atoms with Crippen molar-refractivity contribution in [3.05, 3.63) is 104 Å². The van der Waals surface area contributed by atoms with Crippen LogP contribution in [0.5, 0.6) is 0 Å². The maximum atomic E-state index is 13.2. The average Bonchev–Trinajstić information content (AvgIpc) is 3.24. The van der Waals surface area contributed by atoms with E-state index in [1.54, 1.807) is 11.6 Å². The van der Waals surface area contributed by atoms with Crippen LogP contribution in [0, 0.1) is 11.8 Å². The number of aromatic nitrogens is 3. The summed E-state index contributed by atoms with van der Waals surface area (Å²) >= 11 is 0. The van der Waals surface area contributed by atoms with Crippen LogP contribution >= 0.6 is 0 Å². The van der Waals surface area contributed by atoms with E-state index in [0.29, 0.717) is 25.1 Å². The molecule has 0 aliphatic carbocycles. The highest BCUT2D eigenvalue weighted by atomic mass is 16.2. The minimum atomic E-state index is -0.260. The molecule has 3 heterocycles. The molecule has 2 aromatic carbocycles. The number of para-hydroxylation sites is 1. The number of nitrogens with zero attached hydrogens (tertiary/aromatic N) is 3. The van der Waals surface area contributed by atoms with Gasteiger partial charge in [0.2, 0.25) is 0 Å².